The van der Waals surface area contributed by atoms with Crippen LogP contribution in [0.2, 0.25) is 5.02 Å². The number of phenols is 1. The van der Waals surface area contributed by atoms with E-state index in [2.05, 4.69) is 0 Å². The number of hydrogen-bond acceptors (Lipinski definition) is 6. The molecule has 1 fully saturated rings. The van der Waals surface area contributed by atoms with Gasteiger partial charge in [0.1, 0.15) is 11.5 Å². The molecule has 0 radical (unpaired) electrons. The number of likely N-dealkylation sites (tertiary alicyclic amines) is 1. The van der Waals surface area contributed by atoms with E-state index in [0.717, 1.165) is 12.0 Å². The van der Waals surface area contributed by atoms with Crippen LogP contribution in [0.25, 0.3) is 5.76 Å². The van der Waals surface area contributed by atoms with Gasteiger partial charge >= 0.3 is 0 Å². The van der Waals surface area contributed by atoms with Crippen LogP contribution in [0.15, 0.2) is 35.9 Å². The van der Waals surface area contributed by atoms with E-state index in [9.17, 15) is 19.8 Å². The number of methoxy groups -OCH3 is 2. The van der Waals surface area contributed by atoms with Crippen LogP contribution in [0, 0.1) is 6.92 Å². The smallest absolute Gasteiger partial charge is 0.295 e. The van der Waals surface area contributed by atoms with Gasteiger partial charge in [0.05, 0.1) is 36.4 Å². The maximum absolute atomic E-state index is 13.1. The van der Waals surface area contributed by atoms with Crippen LogP contribution in [0.1, 0.15) is 42.5 Å². The third-order valence-corrected chi connectivity index (χ3v) is 5.74. The number of aromatic hydroxyl groups is 1. The molecule has 0 spiro atoms. The van der Waals surface area contributed by atoms with E-state index >= 15 is 0 Å². The van der Waals surface area contributed by atoms with Gasteiger partial charge in [-0.2, -0.15) is 0 Å². The molecule has 1 aliphatic heterocycles. The predicted molar refractivity (Wildman–Crippen MR) is 121 cm³/mol. The highest BCUT2D eigenvalue weighted by Crippen LogP contribution is 2.44. The Kier molecular flexibility index (Phi) is 6.99. The lowest BCUT2D eigenvalue weighted by Gasteiger charge is -2.25. The van der Waals surface area contributed by atoms with Crippen molar-refractivity contribution >= 4 is 29.1 Å². The van der Waals surface area contributed by atoms with Gasteiger partial charge in [0, 0.05) is 6.54 Å². The first-order chi connectivity index (χ1) is 15.2. The summed E-state index contributed by atoms with van der Waals surface area (Å²) in [7, 11) is 2.84. The Morgan fingerprint density at radius 2 is 1.88 bits per heavy atom. The topological polar surface area (TPSA) is 96.3 Å². The summed E-state index contributed by atoms with van der Waals surface area (Å²) in [5.74, 6) is -1.58. The zero-order chi connectivity index (χ0) is 23.6. The van der Waals surface area contributed by atoms with Gasteiger partial charge in [0.2, 0.25) is 0 Å². The summed E-state index contributed by atoms with van der Waals surface area (Å²) in [4.78, 5) is 27.4. The molecule has 1 aliphatic rings. The van der Waals surface area contributed by atoms with Crippen molar-refractivity contribution in [3.63, 3.8) is 0 Å². The van der Waals surface area contributed by atoms with Crippen LogP contribution in [-0.2, 0) is 9.59 Å². The number of halogens is 1. The van der Waals surface area contributed by atoms with Crippen molar-refractivity contribution in [1.82, 2.24) is 4.90 Å². The number of amides is 1. The number of aliphatic hydroxyl groups excluding tert-OH is 1. The Morgan fingerprint density at radius 1 is 1.16 bits per heavy atom. The minimum absolute atomic E-state index is 0.0874. The van der Waals surface area contributed by atoms with Crippen LogP contribution in [0.3, 0.4) is 0 Å². The van der Waals surface area contributed by atoms with Gasteiger partial charge in [0.25, 0.3) is 11.7 Å². The molecule has 2 aromatic carbocycles. The van der Waals surface area contributed by atoms with Crippen LogP contribution < -0.4 is 9.47 Å². The largest absolute Gasteiger partial charge is 0.507 e. The first-order valence-corrected chi connectivity index (χ1v) is 10.6. The van der Waals surface area contributed by atoms with Gasteiger partial charge in [-0.25, -0.2) is 0 Å². The lowest BCUT2D eigenvalue weighted by Crippen LogP contribution is -2.30. The number of nitrogens with zero attached hydrogens (tertiary/aromatic N) is 1. The van der Waals surface area contributed by atoms with Crippen LogP contribution in [0.5, 0.6) is 17.2 Å². The molecule has 3 rings (SSSR count). The lowest BCUT2D eigenvalue weighted by molar-refractivity contribution is -0.139. The number of rotatable bonds is 7. The monoisotopic (exact) mass is 459 g/mol. The van der Waals surface area contributed by atoms with Gasteiger partial charge in [-0.3, -0.25) is 9.59 Å². The Hall–Kier alpha value is -3.19. The number of unbranched alkanes of at least 4 members (excludes halogenated alkanes) is 1. The van der Waals surface area contributed by atoms with Crippen LogP contribution in [0.4, 0.5) is 0 Å². The summed E-state index contributed by atoms with van der Waals surface area (Å²) < 4.78 is 10.5. The number of aryl methyl sites for hydroxylation is 1. The second-order valence-electron chi connectivity index (χ2n) is 7.60. The van der Waals surface area contributed by atoms with Crippen molar-refractivity contribution < 1.29 is 29.3 Å². The Morgan fingerprint density at radius 3 is 2.47 bits per heavy atom. The minimum atomic E-state index is -0.887. The molecule has 7 nitrogen and oxygen atoms in total. The molecule has 8 heteroatoms. The number of aliphatic hydroxyl groups is 1. The van der Waals surface area contributed by atoms with Crippen molar-refractivity contribution in [2.45, 2.75) is 32.7 Å². The van der Waals surface area contributed by atoms with Crippen LogP contribution in [-0.4, -0.2) is 47.6 Å². The van der Waals surface area contributed by atoms with E-state index in [1.807, 2.05) is 6.92 Å². The van der Waals surface area contributed by atoms with E-state index in [1.54, 1.807) is 31.2 Å². The normalized spacial score (nSPS) is 17.7. The highest BCUT2D eigenvalue weighted by Gasteiger charge is 2.46. The summed E-state index contributed by atoms with van der Waals surface area (Å²) in [6.07, 6.45) is 1.48. The second-order valence-corrected chi connectivity index (χ2v) is 8.01. The van der Waals surface area contributed by atoms with Gasteiger partial charge in [-0.15, -0.1) is 0 Å². The number of phenolic OH excluding ortho intramolecular Hbond substituents is 1. The van der Waals surface area contributed by atoms with Gasteiger partial charge in [0.15, 0.2) is 11.5 Å². The average Bonchev–Trinajstić information content (AvgIpc) is 3.01. The number of carbonyl (C=O) groups is 2. The molecule has 1 atom stereocenters. The fourth-order valence-corrected chi connectivity index (χ4v) is 4.27. The molecule has 0 aliphatic carbocycles. The number of carbonyl (C=O) groups excluding carboxylic acids is 2. The molecule has 170 valence electrons. The molecule has 2 aromatic rings. The Balaban J connectivity index is 2.27. The zero-order valence-electron chi connectivity index (χ0n) is 18.4. The third-order valence-electron chi connectivity index (χ3n) is 5.46. The molecular weight excluding hydrogens is 434 g/mol. The first kappa shape index (κ1) is 23.5. The molecule has 1 heterocycles. The molecule has 0 aromatic heterocycles. The average molecular weight is 460 g/mol. The molecule has 32 heavy (non-hydrogen) atoms. The van der Waals surface area contributed by atoms with Crippen LogP contribution >= 0.6 is 11.6 Å². The van der Waals surface area contributed by atoms with Crippen molar-refractivity contribution in [3.05, 3.63) is 57.6 Å². The van der Waals surface area contributed by atoms with E-state index in [1.165, 1.54) is 25.2 Å². The summed E-state index contributed by atoms with van der Waals surface area (Å²) in [5, 5.41) is 21.9. The van der Waals surface area contributed by atoms with Crippen molar-refractivity contribution in [3.8, 4) is 17.2 Å². The molecule has 1 amide bonds. The minimum Gasteiger partial charge on any atom is -0.507 e. The SMILES string of the molecule is CCCCN1C(=O)C(=O)/C(=C(/O)c2cc(C)cc(Cl)c2OC)C1c1ccc(OC)c(O)c1. The fourth-order valence-electron chi connectivity index (χ4n) is 3.92. The zero-order valence-corrected chi connectivity index (χ0v) is 19.2. The van der Waals surface area contributed by atoms with Gasteiger partial charge in [-0.1, -0.05) is 31.0 Å². The van der Waals surface area contributed by atoms with E-state index in [0.29, 0.717) is 18.5 Å². The standard InChI is InChI=1S/C24H26ClNO6/c1-5-6-9-26-20(14-7-8-18(31-3)17(27)12-14)19(22(29)24(26)30)21(28)15-10-13(2)11-16(25)23(15)32-4/h7-8,10-12,20,27-28H,5-6,9H2,1-4H3/b21-19+. The highest BCUT2D eigenvalue weighted by molar-refractivity contribution is 6.46. The second kappa shape index (κ2) is 9.53. The van der Waals surface area contributed by atoms with Gasteiger partial charge < -0.3 is 24.6 Å². The number of benzene rings is 2. The highest BCUT2D eigenvalue weighted by atomic mass is 35.5. The van der Waals surface area contributed by atoms with Gasteiger partial charge in [-0.05, 0) is 48.7 Å². The number of ketones is 1. The van der Waals surface area contributed by atoms with E-state index < -0.39 is 17.7 Å². The van der Waals surface area contributed by atoms with E-state index in [-0.39, 0.29) is 39.2 Å². The predicted octanol–water partition coefficient (Wildman–Crippen LogP) is 4.59. The molecule has 0 bridgehead atoms. The molecule has 1 unspecified atom stereocenters. The summed E-state index contributed by atoms with van der Waals surface area (Å²) in [6.45, 7) is 4.09. The summed E-state index contributed by atoms with van der Waals surface area (Å²) in [6, 6.07) is 7.07. The molecule has 1 saturated heterocycles. The summed E-state index contributed by atoms with van der Waals surface area (Å²) >= 11 is 6.29. The Bertz CT molecular complexity index is 1090. The van der Waals surface area contributed by atoms with Crippen molar-refractivity contribution in [2.24, 2.45) is 0 Å². The lowest BCUT2D eigenvalue weighted by atomic mass is 9.94. The maximum atomic E-state index is 13.1. The van der Waals surface area contributed by atoms with Crippen molar-refractivity contribution in [2.75, 3.05) is 20.8 Å². The molecule has 2 N–H and O–H groups in total. The number of hydrogen-bond donors (Lipinski definition) is 2. The van der Waals surface area contributed by atoms with Crippen molar-refractivity contribution in [1.29, 1.82) is 0 Å². The molecular formula is C24H26ClNO6. The molecule has 0 saturated carbocycles. The Labute approximate surface area is 191 Å². The van der Waals surface area contributed by atoms with E-state index in [4.69, 9.17) is 21.1 Å². The number of ether oxygens (including phenoxy) is 2. The quantitative estimate of drug-likeness (QED) is 0.357. The number of Topliss-reactive ketones (excluding diaryl/α,β-unsaturated/α-hetero) is 1. The third kappa shape index (κ3) is 4.12. The first-order valence-electron chi connectivity index (χ1n) is 10.2. The summed E-state index contributed by atoms with van der Waals surface area (Å²) in [5.41, 5.74) is 1.35. The fraction of sp³-hybridized carbons (Fsp3) is 0.333. The maximum Gasteiger partial charge on any atom is 0.295 e.